The summed E-state index contributed by atoms with van der Waals surface area (Å²) in [7, 11) is -3.83. The van der Waals surface area contributed by atoms with Crippen molar-refractivity contribution in [1.82, 2.24) is 9.78 Å². The fourth-order valence-corrected chi connectivity index (χ4v) is 3.43. The quantitative estimate of drug-likeness (QED) is 0.696. The van der Waals surface area contributed by atoms with E-state index in [0.29, 0.717) is 34.0 Å². The van der Waals surface area contributed by atoms with Gasteiger partial charge >= 0.3 is 0 Å². The van der Waals surface area contributed by atoms with E-state index in [9.17, 15) is 18.3 Å². The first-order valence-corrected chi connectivity index (χ1v) is 9.86. The van der Waals surface area contributed by atoms with Crippen molar-refractivity contribution < 1.29 is 18.3 Å². The van der Waals surface area contributed by atoms with Gasteiger partial charge in [-0.25, -0.2) is 13.6 Å². The lowest BCUT2D eigenvalue weighted by atomic mass is 9.99. The Morgan fingerprint density at radius 3 is 2.15 bits per heavy atom. The van der Waals surface area contributed by atoms with Crippen molar-refractivity contribution in [2.75, 3.05) is 0 Å². The Kier molecular flexibility index (Phi) is 5.05. The van der Waals surface area contributed by atoms with Gasteiger partial charge in [-0.05, 0) is 36.8 Å². The molecule has 0 bridgehead atoms. The largest absolute Gasteiger partial charge is 0.543 e. The molecule has 1 aromatic heterocycles. The highest BCUT2D eigenvalue weighted by molar-refractivity contribution is 7.89. The van der Waals surface area contributed by atoms with Gasteiger partial charge in [0.15, 0.2) is 0 Å². The number of carbonyl (C=O) groups is 1. The minimum atomic E-state index is -3.83. The summed E-state index contributed by atoms with van der Waals surface area (Å²) in [6, 6.07) is 12.4. The van der Waals surface area contributed by atoms with Crippen LogP contribution in [0.1, 0.15) is 17.4 Å². The molecule has 0 unspecified atom stereocenters. The highest BCUT2D eigenvalue weighted by Gasteiger charge is 2.21. The third-order valence-electron chi connectivity index (χ3n) is 4.03. The molecule has 2 N–H and O–H groups in total. The summed E-state index contributed by atoms with van der Waals surface area (Å²) in [5, 5.41) is 21.8. The molecule has 0 fully saturated rings. The second kappa shape index (κ2) is 7.15. The number of carboxylic acid groups (broad SMARTS) is 1. The van der Waals surface area contributed by atoms with Gasteiger partial charge < -0.3 is 9.90 Å². The van der Waals surface area contributed by atoms with E-state index in [1.54, 1.807) is 31.2 Å². The molecule has 0 aliphatic rings. The Labute approximate surface area is 161 Å². The maximum absolute atomic E-state index is 11.8. The monoisotopic (exact) mass is 404 g/mol. The average molecular weight is 405 g/mol. The standard InChI is InChI=1S/C18H16ClN3O4S/c1-2-22-17(18(23)24)15(11-3-7-13(19)8-4-11)16(21-22)12-5-9-14(10-6-12)27(20,25)26/h3-10H,2H2,1H3,(H,23,24)(H2,20,25,26)/p-1. The number of sulfonamides is 1. The molecule has 7 nitrogen and oxygen atoms in total. The fraction of sp³-hybridized carbons (Fsp3) is 0.111. The number of halogens is 1. The van der Waals surface area contributed by atoms with Crippen molar-refractivity contribution in [1.29, 1.82) is 0 Å². The molecule has 27 heavy (non-hydrogen) atoms. The summed E-state index contributed by atoms with van der Waals surface area (Å²) < 4.78 is 24.2. The molecule has 0 aliphatic carbocycles. The van der Waals surface area contributed by atoms with Crippen LogP contribution in [-0.4, -0.2) is 24.2 Å². The van der Waals surface area contributed by atoms with Gasteiger partial charge in [-0.3, -0.25) is 4.68 Å². The third-order valence-corrected chi connectivity index (χ3v) is 5.22. The molecule has 140 valence electrons. The summed E-state index contributed by atoms with van der Waals surface area (Å²) in [6.45, 7) is 2.08. The van der Waals surface area contributed by atoms with Gasteiger partial charge in [-0.1, -0.05) is 35.9 Å². The topological polar surface area (TPSA) is 118 Å². The second-order valence-corrected chi connectivity index (χ2v) is 7.75. The van der Waals surface area contributed by atoms with Gasteiger partial charge in [0.05, 0.1) is 16.6 Å². The van der Waals surface area contributed by atoms with E-state index >= 15 is 0 Å². The van der Waals surface area contributed by atoms with Gasteiger partial charge in [-0.15, -0.1) is 0 Å². The molecule has 0 amide bonds. The maximum atomic E-state index is 11.8. The Morgan fingerprint density at radius 2 is 1.67 bits per heavy atom. The molecule has 9 heteroatoms. The van der Waals surface area contributed by atoms with E-state index in [0.717, 1.165) is 0 Å². The SMILES string of the molecule is CCn1nc(-c2ccc(S(N)(=O)=O)cc2)c(-c2ccc(Cl)cc2)c1C(=O)[O-]. The van der Waals surface area contributed by atoms with Gasteiger partial charge in [0.2, 0.25) is 10.0 Å². The maximum Gasteiger partial charge on any atom is 0.238 e. The number of primary sulfonamides is 1. The number of benzene rings is 2. The summed E-state index contributed by atoms with van der Waals surface area (Å²) in [6.07, 6.45) is 0. The van der Waals surface area contributed by atoms with E-state index in [1.165, 1.54) is 28.9 Å². The van der Waals surface area contributed by atoms with Crippen molar-refractivity contribution in [3.8, 4) is 22.4 Å². The number of rotatable bonds is 5. The van der Waals surface area contributed by atoms with Crippen LogP contribution in [-0.2, 0) is 16.6 Å². The van der Waals surface area contributed by atoms with Crippen LogP contribution in [0.4, 0.5) is 0 Å². The molecule has 0 aliphatic heterocycles. The summed E-state index contributed by atoms with van der Waals surface area (Å²) in [5.74, 6) is -1.36. The van der Waals surface area contributed by atoms with Gasteiger partial charge in [-0.2, -0.15) is 5.10 Å². The molecular formula is C18H15ClN3O4S-. The number of nitrogens with two attached hydrogens (primary N) is 1. The highest BCUT2D eigenvalue weighted by Crippen LogP contribution is 2.35. The number of carbonyl (C=O) groups excluding carboxylic acids is 1. The third kappa shape index (κ3) is 3.73. The number of aromatic nitrogens is 2. The van der Waals surface area contributed by atoms with E-state index in [1.807, 2.05) is 0 Å². The summed E-state index contributed by atoms with van der Waals surface area (Å²) in [4.78, 5) is 11.7. The van der Waals surface area contributed by atoms with E-state index in [4.69, 9.17) is 16.7 Å². The molecule has 3 rings (SSSR count). The van der Waals surface area contributed by atoms with Crippen LogP contribution >= 0.6 is 11.6 Å². The number of carboxylic acids is 1. The van der Waals surface area contributed by atoms with Crippen LogP contribution < -0.4 is 10.2 Å². The fourth-order valence-electron chi connectivity index (χ4n) is 2.79. The Bertz CT molecular complexity index is 1100. The van der Waals surface area contributed by atoms with E-state index < -0.39 is 16.0 Å². The van der Waals surface area contributed by atoms with E-state index in [-0.39, 0.29) is 10.6 Å². The highest BCUT2D eigenvalue weighted by atomic mass is 35.5. The molecule has 0 radical (unpaired) electrons. The zero-order chi connectivity index (χ0) is 19.8. The Morgan fingerprint density at radius 1 is 1.11 bits per heavy atom. The molecular weight excluding hydrogens is 390 g/mol. The first-order chi connectivity index (χ1) is 12.7. The second-order valence-electron chi connectivity index (χ2n) is 5.75. The van der Waals surface area contributed by atoms with Gasteiger partial charge in [0.25, 0.3) is 0 Å². The molecule has 2 aromatic carbocycles. The molecule has 0 spiro atoms. The summed E-state index contributed by atoms with van der Waals surface area (Å²) in [5.41, 5.74) is 1.84. The van der Waals surface area contributed by atoms with Gasteiger partial charge in [0.1, 0.15) is 5.69 Å². The van der Waals surface area contributed by atoms with Gasteiger partial charge in [0, 0.05) is 22.7 Å². The normalized spacial score (nSPS) is 11.5. The predicted molar refractivity (Wildman–Crippen MR) is 99.5 cm³/mol. The molecule has 0 saturated carbocycles. The Hall–Kier alpha value is -2.68. The van der Waals surface area contributed by atoms with Crippen LogP contribution in [0.25, 0.3) is 22.4 Å². The lowest BCUT2D eigenvalue weighted by Gasteiger charge is -2.10. The first-order valence-electron chi connectivity index (χ1n) is 7.93. The van der Waals surface area contributed by atoms with Crippen LogP contribution in [0.15, 0.2) is 53.4 Å². The van der Waals surface area contributed by atoms with Crippen molar-refractivity contribution in [3.63, 3.8) is 0 Å². The zero-order valence-corrected chi connectivity index (χ0v) is 15.8. The smallest absolute Gasteiger partial charge is 0.238 e. The summed E-state index contributed by atoms with van der Waals surface area (Å²) >= 11 is 5.93. The zero-order valence-electron chi connectivity index (χ0n) is 14.2. The van der Waals surface area contributed by atoms with Crippen molar-refractivity contribution in [3.05, 3.63) is 59.2 Å². The van der Waals surface area contributed by atoms with Crippen molar-refractivity contribution in [2.45, 2.75) is 18.4 Å². The lowest BCUT2D eigenvalue weighted by molar-refractivity contribution is -0.255. The van der Waals surface area contributed by atoms with Crippen LogP contribution in [0.5, 0.6) is 0 Å². The molecule has 3 aromatic rings. The molecule has 0 saturated heterocycles. The van der Waals surface area contributed by atoms with Crippen LogP contribution in [0, 0.1) is 0 Å². The van der Waals surface area contributed by atoms with E-state index in [2.05, 4.69) is 5.10 Å². The molecule has 1 heterocycles. The number of aromatic carboxylic acids is 1. The number of aryl methyl sites for hydroxylation is 1. The van der Waals surface area contributed by atoms with Crippen LogP contribution in [0.2, 0.25) is 5.02 Å². The minimum Gasteiger partial charge on any atom is -0.543 e. The number of hydrogen-bond acceptors (Lipinski definition) is 5. The first kappa shape index (κ1) is 19.1. The van der Waals surface area contributed by atoms with Crippen LogP contribution in [0.3, 0.4) is 0 Å². The number of nitrogens with zero attached hydrogens (tertiary/aromatic N) is 2. The minimum absolute atomic E-state index is 0.0469. The predicted octanol–water partition coefficient (Wildman–Crippen LogP) is 1.90. The molecule has 0 atom stereocenters. The lowest BCUT2D eigenvalue weighted by Crippen LogP contribution is -2.26. The average Bonchev–Trinajstić information content (AvgIpc) is 3.01. The van der Waals surface area contributed by atoms with Crippen molar-refractivity contribution in [2.24, 2.45) is 5.14 Å². The Balaban J connectivity index is 2.26. The number of hydrogen-bond donors (Lipinski definition) is 1. The van der Waals surface area contributed by atoms with Crippen molar-refractivity contribution >= 4 is 27.6 Å².